The molecule has 2 saturated heterocycles. The van der Waals surface area contributed by atoms with Crippen LogP contribution in [0, 0.1) is 0 Å². The molecule has 118 valence electrons. The number of piperazine rings is 2. The summed E-state index contributed by atoms with van der Waals surface area (Å²) in [6, 6.07) is 4.55. The van der Waals surface area contributed by atoms with Crippen molar-refractivity contribution < 1.29 is 4.42 Å². The van der Waals surface area contributed by atoms with Crippen molar-refractivity contribution in [1.29, 1.82) is 0 Å². The molecule has 21 heavy (non-hydrogen) atoms. The average molecular weight is 292 g/mol. The van der Waals surface area contributed by atoms with E-state index < -0.39 is 0 Å². The predicted octanol–water partition coefficient (Wildman–Crippen LogP) is 0.863. The van der Waals surface area contributed by atoms with Crippen molar-refractivity contribution in [2.75, 3.05) is 65.4 Å². The number of hydrogen-bond donors (Lipinski definition) is 1. The van der Waals surface area contributed by atoms with E-state index in [1.165, 1.54) is 13.1 Å². The molecule has 0 spiro atoms. The van der Waals surface area contributed by atoms with Gasteiger partial charge >= 0.3 is 0 Å². The highest BCUT2D eigenvalue weighted by Gasteiger charge is 2.28. The second kappa shape index (κ2) is 7.40. The highest BCUT2D eigenvalue weighted by atomic mass is 16.3. The molecule has 5 nitrogen and oxygen atoms in total. The fourth-order valence-corrected chi connectivity index (χ4v) is 3.40. The van der Waals surface area contributed by atoms with Crippen LogP contribution >= 0.6 is 0 Å². The van der Waals surface area contributed by atoms with E-state index >= 15 is 0 Å². The fourth-order valence-electron chi connectivity index (χ4n) is 3.40. The minimum Gasteiger partial charge on any atom is -0.468 e. The number of furan rings is 1. The Balaban J connectivity index is 1.65. The Morgan fingerprint density at radius 2 is 1.86 bits per heavy atom. The molecule has 2 aliphatic heterocycles. The van der Waals surface area contributed by atoms with Crippen molar-refractivity contribution in [3.8, 4) is 0 Å². The van der Waals surface area contributed by atoms with Crippen LogP contribution in [0.25, 0.3) is 0 Å². The van der Waals surface area contributed by atoms with Gasteiger partial charge in [0.1, 0.15) is 5.76 Å². The van der Waals surface area contributed by atoms with Crippen molar-refractivity contribution in [2.45, 2.75) is 13.0 Å². The highest BCUT2D eigenvalue weighted by Crippen LogP contribution is 2.24. The monoisotopic (exact) mass is 292 g/mol. The lowest BCUT2D eigenvalue weighted by molar-refractivity contribution is 0.0640. The first-order valence-corrected chi connectivity index (χ1v) is 8.29. The zero-order valence-corrected chi connectivity index (χ0v) is 13.1. The summed E-state index contributed by atoms with van der Waals surface area (Å²) in [5.41, 5.74) is 0. The first-order chi connectivity index (χ1) is 10.4. The molecule has 0 aromatic carbocycles. The van der Waals surface area contributed by atoms with Crippen LogP contribution < -0.4 is 5.32 Å². The summed E-state index contributed by atoms with van der Waals surface area (Å²) >= 11 is 0. The molecule has 3 rings (SSSR count). The molecule has 2 aliphatic rings. The van der Waals surface area contributed by atoms with E-state index in [0.717, 1.165) is 58.1 Å². The summed E-state index contributed by atoms with van der Waals surface area (Å²) in [5, 5.41) is 3.43. The zero-order chi connectivity index (χ0) is 14.5. The van der Waals surface area contributed by atoms with Gasteiger partial charge in [-0.15, -0.1) is 0 Å². The molecule has 1 atom stereocenters. The van der Waals surface area contributed by atoms with Crippen LogP contribution in [0.2, 0.25) is 0 Å². The average Bonchev–Trinajstić information content (AvgIpc) is 3.08. The Kier molecular flexibility index (Phi) is 5.30. The van der Waals surface area contributed by atoms with E-state index in [1.807, 2.05) is 12.3 Å². The van der Waals surface area contributed by atoms with E-state index in [2.05, 4.69) is 33.0 Å². The fraction of sp³-hybridized carbons (Fsp3) is 0.750. The number of rotatable bonds is 5. The van der Waals surface area contributed by atoms with Crippen molar-refractivity contribution in [3.05, 3.63) is 24.2 Å². The quantitative estimate of drug-likeness (QED) is 0.871. The van der Waals surface area contributed by atoms with Crippen LogP contribution in [0.5, 0.6) is 0 Å². The zero-order valence-electron chi connectivity index (χ0n) is 13.1. The van der Waals surface area contributed by atoms with Gasteiger partial charge in [-0.1, -0.05) is 6.92 Å². The molecule has 1 aromatic rings. The molecule has 1 unspecified atom stereocenters. The van der Waals surface area contributed by atoms with Gasteiger partial charge in [0.25, 0.3) is 0 Å². The largest absolute Gasteiger partial charge is 0.468 e. The number of nitrogens with zero attached hydrogens (tertiary/aromatic N) is 3. The van der Waals surface area contributed by atoms with Gasteiger partial charge in [-0.25, -0.2) is 0 Å². The maximum absolute atomic E-state index is 5.75. The molecule has 1 aromatic heterocycles. The third-order valence-corrected chi connectivity index (χ3v) is 4.81. The third kappa shape index (κ3) is 3.86. The van der Waals surface area contributed by atoms with Crippen LogP contribution in [0.15, 0.2) is 22.8 Å². The minimum absolute atomic E-state index is 0.400. The predicted molar refractivity (Wildman–Crippen MR) is 84.4 cm³/mol. The normalized spacial score (nSPS) is 24.2. The summed E-state index contributed by atoms with van der Waals surface area (Å²) in [6.07, 6.45) is 1.81. The smallest absolute Gasteiger partial charge is 0.122 e. The van der Waals surface area contributed by atoms with Gasteiger partial charge in [-0.05, 0) is 18.7 Å². The third-order valence-electron chi connectivity index (χ3n) is 4.81. The second-order valence-corrected chi connectivity index (χ2v) is 6.05. The first-order valence-electron chi connectivity index (χ1n) is 8.29. The lowest BCUT2D eigenvalue weighted by Gasteiger charge is -2.40. The van der Waals surface area contributed by atoms with E-state index in [4.69, 9.17) is 4.42 Å². The summed E-state index contributed by atoms with van der Waals surface area (Å²) in [6.45, 7) is 13.6. The summed E-state index contributed by atoms with van der Waals surface area (Å²) in [7, 11) is 0. The van der Waals surface area contributed by atoms with E-state index in [1.54, 1.807) is 0 Å². The Labute approximate surface area is 127 Å². The maximum Gasteiger partial charge on any atom is 0.122 e. The van der Waals surface area contributed by atoms with Crippen molar-refractivity contribution >= 4 is 0 Å². The van der Waals surface area contributed by atoms with Gasteiger partial charge < -0.3 is 14.6 Å². The van der Waals surface area contributed by atoms with Crippen molar-refractivity contribution in [3.63, 3.8) is 0 Å². The second-order valence-electron chi connectivity index (χ2n) is 6.05. The number of likely N-dealkylation sites (N-methyl/N-ethyl adjacent to an activating group) is 1. The molecule has 0 bridgehead atoms. The molecule has 3 heterocycles. The summed E-state index contributed by atoms with van der Waals surface area (Å²) in [4.78, 5) is 7.70. The van der Waals surface area contributed by atoms with Gasteiger partial charge in [-0.2, -0.15) is 0 Å². The summed E-state index contributed by atoms with van der Waals surface area (Å²) in [5.74, 6) is 1.12. The van der Waals surface area contributed by atoms with Crippen LogP contribution in [0.4, 0.5) is 0 Å². The van der Waals surface area contributed by atoms with Crippen LogP contribution in [-0.2, 0) is 0 Å². The minimum atomic E-state index is 0.400. The molecule has 0 aliphatic carbocycles. The van der Waals surface area contributed by atoms with Crippen LogP contribution in [-0.4, -0.2) is 80.1 Å². The molecule has 2 fully saturated rings. The van der Waals surface area contributed by atoms with Crippen molar-refractivity contribution in [2.24, 2.45) is 0 Å². The van der Waals surface area contributed by atoms with Crippen molar-refractivity contribution in [1.82, 2.24) is 20.0 Å². The lowest BCUT2D eigenvalue weighted by atomic mass is 10.1. The van der Waals surface area contributed by atoms with Gasteiger partial charge in [0.15, 0.2) is 0 Å². The molecule has 0 radical (unpaired) electrons. The SMILES string of the molecule is CCN1CCN(C(CN2CCNCC2)c2ccco2)CC1. The van der Waals surface area contributed by atoms with E-state index in [-0.39, 0.29) is 0 Å². The molecule has 1 N–H and O–H groups in total. The molecular weight excluding hydrogens is 264 g/mol. The molecule has 0 saturated carbocycles. The van der Waals surface area contributed by atoms with E-state index in [9.17, 15) is 0 Å². The van der Waals surface area contributed by atoms with Gasteiger partial charge in [0.2, 0.25) is 0 Å². The lowest BCUT2D eigenvalue weighted by Crippen LogP contribution is -2.51. The number of hydrogen-bond acceptors (Lipinski definition) is 5. The Hall–Kier alpha value is -0.880. The van der Waals surface area contributed by atoms with Gasteiger partial charge in [0.05, 0.1) is 12.3 Å². The standard InChI is InChI=1S/C16H28N4O/c1-2-18-9-11-20(12-10-18)15(16-4-3-13-21-16)14-19-7-5-17-6-8-19/h3-4,13,15,17H,2,5-12,14H2,1H3. The maximum atomic E-state index is 5.75. The molecular formula is C16H28N4O. The van der Waals surface area contributed by atoms with E-state index in [0.29, 0.717) is 6.04 Å². The highest BCUT2D eigenvalue weighted by molar-refractivity contribution is 5.06. The topological polar surface area (TPSA) is 34.9 Å². The Morgan fingerprint density at radius 3 is 2.48 bits per heavy atom. The molecule has 0 amide bonds. The molecule has 5 heteroatoms. The summed E-state index contributed by atoms with van der Waals surface area (Å²) < 4.78 is 5.75. The Morgan fingerprint density at radius 1 is 1.10 bits per heavy atom. The first kappa shape index (κ1) is 15.0. The van der Waals surface area contributed by atoms with Gasteiger partial charge in [-0.3, -0.25) is 9.80 Å². The van der Waals surface area contributed by atoms with Crippen LogP contribution in [0.1, 0.15) is 18.7 Å². The Bertz CT molecular complexity index is 394. The van der Waals surface area contributed by atoms with Gasteiger partial charge in [0, 0.05) is 58.9 Å². The number of nitrogens with one attached hydrogen (secondary N) is 1. The van der Waals surface area contributed by atoms with Crippen LogP contribution in [0.3, 0.4) is 0 Å².